The zero-order chi connectivity index (χ0) is 13.8. The Kier molecular flexibility index (Phi) is 5.02. The molecule has 0 unspecified atom stereocenters. The van der Waals surface area contributed by atoms with Crippen LogP contribution in [0.2, 0.25) is 0 Å². The molecule has 0 aliphatic heterocycles. The van der Waals surface area contributed by atoms with E-state index in [4.69, 9.17) is 5.73 Å². The molecule has 0 aromatic heterocycles. The van der Waals surface area contributed by atoms with E-state index in [1.165, 1.54) is 12.1 Å². The summed E-state index contributed by atoms with van der Waals surface area (Å²) in [5, 5.41) is 0. The first-order valence-corrected chi connectivity index (χ1v) is 5.97. The Hall–Kier alpha value is -1.23. The SMILES string of the molecule is CC(C)CN(CCN)c1ccc(C(F)(F)F)cc1. The largest absolute Gasteiger partial charge is 0.416 e. The molecule has 0 fully saturated rings. The number of nitrogens with two attached hydrogens (primary N) is 1. The average molecular weight is 260 g/mol. The van der Waals surface area contributed by atoms with Crippen LogP contribution in [0.1, 0.15) is 19.4 Å². The third-order valence-electron chi connectivity index (χ3n) is 2.54. The molecular weight excluding hydrogens is 241 g/mol. The lowest BCUT2D eigenvalue weighted by molar-refractivity contribution is -0.137. The molecule has 0 heterocycles. The molecule has 0 bridgehead atoms. The van der Waals surface area contributed by atoms with E-state index in [0.717, 1.165) is 24.4 Å². The molecule has 0 aliphatic carbocycles. The van der Waals surface area contributed by atoms with E-state index in [0.29, 0.717) is 19.0 Å². The van der Waals surface area contributed by atoms with Gasteiger partial charge in [-0.25, -0.2) is 0 Å². The summed E-state index contributed by atoms with van der Waals surface area (Å²) < 4.78 is 37.3. The quantitative estimate of drug-likeness (QED) is 0.881. The number of anilines is 1. The van der Waals surface area contributed by atoms with Crippen LogP contribution in [0.15, 0.2) is 24.3 Å². The van der Waals surface area contributed by atoms with Gasteiger partial charge in [0.1, 0.15) is 0 Å². The molecule has 18 heavy (non-hydrogen) atoms. The van der Waals surface area contributed by atoms with Crippen LogP contribution in [0, 0.1) is 5.92 Å². The van der Waals surface area contributed by atoms with Crippen molar-refractivity contribution in [2.45, 2.75) is 20.0 Å². The Morgan fingerprint density at radius 1 is 1.17 bits per heavy atom. The summed E-state index contributed by atoms with van der Waals surface area (Å²) in [6.07, 6.45) is -4.28. The van der Waals surface area contributed by atoms with Gasteiger partial charge in [0.05, 0.1) is 5.56 Å². The van der Waals surface area contributed by atoms with Crippen LogP contribution in [0.5, 0.6) is 0 Å². The summed E-state index contributed by atoms with van der Waals surface area (Å²) in [5.74, 6) is 0.429. The lowest BCUT2D eigenvalue weighted by Crippen LogP contribution is -2.32. The first-order chi connectivity index (χ1) is 8.34. The van der Waals surface area contributed by atoms with Crippen molar-refractivity contribution in [2.24, 2.45) is 11.7 Å². The topological polar surface area (TPSA) is 29.3 Å². The van der Waals surface area contributed by atoms with E-state index in [2.05, 4.69) is 13.8 Å². The number of alkyl halides is 3. The Morgan fingerprint density at radius 2 is 1.72 bits per heavy atom. The maximum atomic E-state index is 12.4. The van der Waals surface area contributed by atoms with Crippen LogP contribution in [0.4, 0.5) is 18.9 Å². The summed E-state index contributed by atoms with van der Waals surface area (Å²) in [6.45, 7) is 6.03. The molecule has 0 aliphatic rings. The second-order valence-electron chi connectivity index (χ2n) is 4.67. The molecular formula is C13H19F3N2. The van der Waals surface area contributed by atoms with Gasteiger partial charge in [0.15, 0.2) is 0 Å². The minimum absolute atomic E-state index is 0.429. The van der Waals surface area contributed by atoms with E-state index in [1.807, 2.05) is 4.90 Å². The van der Waals surface area contributed by atoms with Gasteiger partial charge in [-0.1, -0.05) is 13.8 Å². The Balaban J connectivity index is 2.86. The van der Waals surface area contributed by atoms with Crippen LogP contribution in [-0.4, -0.2) is 19.6 Å². The number of halogens is 3. The maximum absolute atomic E-state index is 12.4. The summed E-state index contributed by atoms with van der Waals surface area (Å²) in [5.41, 5.74) is 5.68. The highest BCUT2D eigenvalue weighted by molar-refractivity contribution is 5.48. The Morgan fingerprint density at radius 3 is 2.11 bits per heavy atom. The number of benzene rings is 1. The van der Waals surface area contributed by atoms with E-state index in [9.17, 15) is 13.2 Å². The van der Waals surface area contributed by atoms with Crippen LogP contribution in [0.25, 0.3) is 0 Å². The molecule has 0 radical (unpaired) electrons. The standard InChI is InChI=1S/C13H19F3N2/c1-10(2)9-18(8-7-17)12-5-3-11(4-6-12)13(14,15)16/h3-6,10H,7-9,17H2,1-2H3. The van der Waals surface area contributed by atoms with Gasteiger partial charge in [0.25, 0.3) is 0 Å². The summed E-state index contributed by atoms with van der Waals surface area (Å²) in [6, 6.07) is 5.22. The molecule has 0 amide bonds. The Labute approximate surface area is 106 Å². The Bertz CT molecular complexity index is 357. The average Bonchev–Trinajstić information content (AvgIpc) is 2.27. The molecule has 102 valence electrons. The fourth-order valence-corrected chi connectivity index (χ4v) is 1.78. The van der Waals surface area contributed by atoms with Crippen molar-refractivity contribution in [3.63, 3.8) is 0 Å². The number of rotatable bonds is 5. The number of hydrogen-bond acceptors (Lipinski definition) is 2. The van der Waals surface area contributed by atoms with Gasteiger partial charge < -0.3 is 10.6 Å². The smallest absolute Gasteiger partial charge is 0.370 e. The molecule has 1 aromatic rings. The second-order valence-corrected chi connectivity index (χ2v) is 4.67. The maximum Gasteiger partial charge on any atom is 0.416 e. The van der Waals surface area contributed by atoms with Crippen molar-refractivity contribution < 1.29 is 13.2 Å². The van der Waals surface area contributed by atoms with E-state index in [-0.39, 0.29) is 0 Å². The van der Waals surface area contributed by atoms with E-state index in [1.54, 1.807) is 0 Å². The van der Waals surface area contributed by atoms with Crippen LogP contribution in [0.3, 0.4) is 0 Å². The van der Waals surface area contributed by atoms with Gasteiger partial charge in [-0.3, -0.25) is 0 Å². The van der Waals surface area contributed by atoms with Crippen LogP contribution < -0.4 is 10.6 Å². The fourth-order valence-electron chi connectivity index (χ4n) is 1.78. The van der Waals surface area contributed by atoms with Crippen molar-refractivity contribution in [1.29, 1.82) is 0 Å². The highest BCUT2D eigenvalue weighted by Crippen LogP contribution is 2.30. The highest BCUT2D eigenvalue weighted by Gasteiger charge is 2.30. The fraction of sp³-hybridized carbons (Fsp3) is 0.538. The molecule has 0 saturated carbocycles. The number of nitrogens with zero attached hydrogens (tertiary/aromatic N) is 1. The first kappa shape index (κ1) is 14.8. The predicted octanol–water partition coefficient (Wildman–Crippen LogP) is 3.13. The molecule has 0 atom stereocenters. The highest BCUT2D eigenvalue weighted by atomic mass is 19.4. The van der Waals surface area contributed by atoms with E-state index >= 15 is 0 Å². The van der Waals surface area contributed by atoms with E-state index < -0.39 is 11.7 Å². The first-order valence-electron chi connectivity index (χ1n) is 5.97. The van der Waals surface area contributed by atoms with Gasteiger partial charge in [0, 0.05) is 25.3 Å². The van der Waals surface area contributed by atoms with Gasteiger partial charge >= 0.3 is 6.18 Å². The van der Waals surface area contributed by atoms with Crippen LogP contribution >= 0.6 is 0 Å². The normalized spacial score (nSPS) is 11.9. The van der Waals surface area contributed by atoms with Gasteiger partial charge in [0.2, 0.25) is 0 Å². The third-order valence-corrected chi connectivity index (χ3v) is 2.54. The summed E-state index contributed by atoms with van der Waals surface area (Å²) >= 11 is 0. The molecule has 1 aromatic carbocycles. The third kappa shape index (κ3) is 4.22. The monoisotopic (exact) mass is 260 g/mol. The van der Waals surface area contributed by atoms with Gasteiger partial charge in [-0.15, -0.1) is 0 Å². The summed E-state index contributed by atoms with van der Waals surface area (Å²) in [7, 11) is 0. The van der Waals surface area contributed by atoms with Gasteiger partial charge in [-0.2, -0.15) is 13.2 Å². The lowest BCUT2D eigenvalue weighted by atomic mass is 10.1. The minimum Gasteiger partial charge on any atom is -0.370 e. The van der Waals surface area contributed by atoms with Crippen molar-refractivity contribution in [2.75, 3.05) is 24.5 Å². The zero-order valence-corrected chi connectivity index (χ0v) is 10.7. The lowest BCUT2D eigenvalue weighted by Gasteiger charge is -2.26. The zero-order valence-electron chi connectivity index (χ0n) is 10.7. The van der Waals surface area contributed by atoms with Crippen LogP contribution in [-0.2, 0) is 6.18 Å². The van der Waals surface area contributed by atoms with Crippen molar-refractivity contribution in [3.05, 3.63) is 29.8 Å². The summed E-state index contributed by atoms with van der Waals surface area (Å²) in [4.78, 5) is 2.00. The molecule has 0 spiro atoms. The molecule has 5 heteroatoms. The molecule has 1 rings (SSSR count). The van der Waals surface area contributed by atoms with Crippen molar-refractivity contribution in [1.82, 2.24) is 0 Å². The molecule has 2 N–H and O–H groups in total. The van der Waals surface area contributed by atoms with Crippen molar-refractivity contribution >= 4 is 5.69 Å². The molecule has 2 nitrogen and oxygen atoms in total. The number of hydrogen-bond donors (Lipinski definition) is 1. The van der Waals surface area contributed by atoms with Crippen molar-refractivity contribution in [3.8, 4) is 0 Å². The minimum atomic E-state index is -4.28. The second kappa shape index (κ2) is 6.09. The predicted molar refractivity (Wildman–Crippen MR) is 67.5 cm³/mol. The van der Waals surface area contributed by atoms with Gasteiger partial charge in [-0.05, 0) is 30.2 Å². The molecule has 0 saturated heterocycles.